The predicted molar refractivity (Wildman–Crippen MR) is 61.4 cm³/mol. The van der Waals surface area contributed by atoms with Gasteiger partial charge in [0.2, 0.25) is 5.91 Å². The van der Waals surface area contributed by atoms with Crippen LogP contribution in [0.3, 0.4) is 0 Å². The molecule has 0 saturated carbocycles. The Kier molecular flexibility index (Phi) is 2.83. The fourth-order valence-corrected chi connectivity index (χ4v) is 1.92. The molecule has 90 valence electrons. The van der Waals surface area contributed by atoms with Gasteiger partial charge in [0.25, 0.3) is 0 Å². The minimum absolute atomic E-state index is 0.00627. The summed E-state index contributed by atoms with van der Waals surface area (Å²) in [5.41, 5.74) is 5.41. The van der Waals surface area contributed by atoms with E-state index in [4.69, 9.17) is 5.73 Å². The molecule has 1 amide bonds. The summed E-state index contributed by atoms with van der Waals surface area (Å²) in [5, 5.41) is 0. The van der Waals surface area contributed by atoms with Crippen LogP contribution in [0.2, 0.25) is 0 Å². The highest BCUT2D eigenvalue weighted by Crippen LogP contribution is 2.32. The number of rotatable bonds is 2. The zero-order valence-corrected chi connectivity index (χ0v) is 9.12. The van der Waals surface area contributed by atoms with Gasteiger partial charge in [-0.25, -0.2) is 8.78 Å². The second-order valence-electron chi connectivity index (χ2n) is 4.02. The minimum atomic E-state index is -0.852. The average Bonchev–Trinajstić information content (AvgIpc) is 2.65. The molecule has 1 aromatic rings. The summed E-state index contributed by atoms with van der Waals surface area (Å²) in [6, 6.07) is 1.77. The molecular formula is C12H12F2N2O. The van der Waals surface area contributed by atoms with Crippen molar-refractivity contribution in [2.75, 3.05) is 17.2 Å². The average molecular weight is 238 g/mol. The number of carbonyl (C=O) groups is 1. The molecule has 0 aromatic heterocycles. The molecule has 17 heavy (non-hydrogen) atoms. The van der Waals surface area contributed by atoms with Crippen LogP contribution in [0, 0.1) is 17.6 Å². The number of halogens is 2. The summed E-state index contributed by atoms with van der Waals surface area (Å²) in [4.78, 5) is 13.0. The normalized spacial score (nSPS) is 19.8. The van der Waals surface area contributed by atoms with Gasteiger partial charge in [0.05, 0.1) is 11.4 Å². The van der Waals surface area contributed by atoms with Crippen LogP contribution >= 0.6 is 0 Å². The molecule has 3 nitrogen and oxygen atoms in total. The Morgan fingerprint density at radius 1 is 1.47 bits per heavy atom. The first-order chi connectivity index (χ1) is 8.02. The van der Waals surface area contributed by atoms with Gasteiger partial charge in [-0.05, 0) is 6.07 Å². The Hall–Kier alpha value is -1.91. The smallest absolute Gasteiger partial charge is 0.227 e. The summed E-state index contributed by atoms with van der Waals surface area (Å²) in [6.07, 6.45) is 1.95. The number of nitrogens with zero attached hydrogens (tertiary/aromatic N) is 1. The molecule has 0 radical (unpaired) electrons. The van der Waals surface area contributed by atoms with Crippen LogP contribution in [0.5, 0.6) is 0 Å². The van der Waals surface area contributed by atoms with E-state index in [0.717, 1.165) is 6.07 Å². The van der Waals surface area contributed by atoms with Crippen molar-refractivity contribution in [2.24, 2.45) is 5.92 Å². The molecule has 1 atom stereocenters. The largest absolute Gasteiger partial charge is 0.395 e. The van der Waals surface area contributed by atoms with Crippen LogP contribution in [0.4, 0.5) is 20.2 Å². The molecule has 0 spiro atoms. The van der Waals surface area contributed by atoms with Crippen molar-refractivity contribution in [3.05, 3.63) is 36.4 Å². The number of nitrogen functional groups attached to an aromatic ring is 1. The van der Waals surface area contributed by atoms with E-state index >= 15 is 0 Å². The lowest BCUT2D eigenvalue weighted by Crippen LogP contribution is -2.25. The molecule has 1 fully saturated rings. The highest BCUT2D eigenvalue weighted by atomic mass is 19.1. The third-order valence-corrected chi connectivity index (χ3v) is 2.85. The number of hydrogen-bond acceptors (Lipinski definition) is 2. The van der Waals surface area contributed by atoms with Gasteiger partial charge in [-0.3, -0.25) is 4.79 Å². The van der Waals surface area contributed by atoms with E-state index in [2.05, 4.69) is 6.58 Å². The highest BCUT2D eigenvalue weighted by Gasteiger charge is 2.30. The topological polar surface area (TPSA) is 46.3 Å². The summed E-state index contributed by atoms with van der Waals surface area (Å²) in [7, 11) is 0. The fraction of sp³-hybridized carbons (Fsp3) is 0.250. The molecule has 1 saturated heterocycles. The number of anilines is 2. The van der Waals surface area contributed by atoms with E-state index in [9.17, 15) is 13.6 Å². The maximum atomic E-state index is 13.3. The molecule has 1 unspecified atom stereocenters. The monoisotopic (exact) mass is 238 g/mol. The van der Waals surface area contributed by atoms with Crippen molar-refractivity contribution >= 4 is 17.3 Å². The molecule has 0 bridgehead atoms. The third-order valence-electron chi connectivity index (χ3n) is 2.85. The van der Waals surface area contributed by atoms with Crippen LogP contribution in [-0.2, 0) is 4.79 Å². The molecule has 1 heterocycles. The zero-order valence-electron chi connectivity index (χ0n) is 9.12. The molecule has 5 heteroatoms. The molecule has 2 N–H and O–H groups in total. The number of benzene rings is 1. The van der Waals surface area contributed by atoms with Crippen molar-refractivity contribution in [3.8, 4) is 0 Å². The van der Waals surface area contributed by atoms with E-state index in [-0.39, 0.29) is 23.2 Å². The molecule has 0 aliphatic carbocycles. The number of hydrogen-bond donors (Lipinski definition) is 1. The SMILES string of the molecule is C=CC1CC(=O)N(c2cc(F)cc(F)c2N)C1. The maximum absolute atomic E-state index is 13.3. The van der Waals surface area contributed by atoms with Gasteiger partial charge in [0.1, 0.15) is 5.82 Å². The van der Waals surface area contributed by atoms with Crippen molar-refractivity contribution < 1.29 is 13.6 Å². The first-order valence-corrected chi connectivity index (χ1v) is 5.20. The van der Waals surface area contributed by atoms with E-state index in [1.54, 1.807) is 6.08 Å². The summed E-state index contributed by atoms with van der Waals surface area (Å²) < 4.78 is 26.4. The Balaban J connectivity index is 2.41. The van der Waals surface area contributed by atoms with Gasteiger partial charge in [-0.2, -0.15) is 0 Å². The first-order valence-electron chi connectivity index (χ1n) is 5.20. The lowest BCUT2D eigenvalue weighted by Gasteiger charge is -2.18. The zero-order chi connectivity index (χ0) is 12.6. The Morgan fingerprint density at radius 3 is 2.76 bits per heavy atom. The molecule has 2 rings (SSSR count). The fourth-order valence-electron chi connectivity index (χ4n) is 1.92. The molecule has 1 aliphatic heterocycles. The van der Waals surface area contributed by atoms with Gasteiger partial charge in [-0.15, -0.1) is 6.58 Å². The van der Waals surface area contributed by atoms with Gasteiger partial charge < -0.3 is 10.6 Å². The van der Waals surface area contributed by atoms with Crippen LogP contribution in [0.25, 0.3) is 0 Å². The van der Waals surface area contributed by atoms with E-state index in [1.165, 1.54) is 4.90 Å². The number of amides is 1. The Labute approximate surface area is 97.5 Å². The van der Waals surface area contributed by atoms with Gasteiger partial charge in [0.15, 0.2) is 5.82 Å². The third kappa shape index (κ3) is 2.00. The van der Waals surface area contributed by atoms with Crippen molar-refractivity contribution in [2.45, 2.75) is 6.42 Å². The standard InChI is InChI=1S/C12H12F2N2O/c1-2-7-3-11(17)16(6-7)10-5-8(13)4-9(14)12(10)15/h2,4-5,7H,1,3,6,15H2. The van der Waals surface area contributed by atoms with Gasteiger partial charge in [-0.1, -0.05) is 6.08 Å². The van der Waals surface area contributed by atoms with Crippen LogP contribution in [-0.4, -0.2) is 12.5 Å². The lowest BCUT2D eigenvalue weighted by atomic mass is 10.1. The van der Waals surface area contributed by atoms with Crippen LogP contribution in [0.15, 0.2) is 24.8 Å². The second kappa shape index (κ2) is 4.16. The highest BCUT2D eigenvalue weighted by molar-refractivity contribution is 5.98. The van der Waals surface area contributed by atoms with E-state index < -0.39 is 11.6 Å². The second-order valence-corrected chi connectivity index (χ2v) is 4.02. The van der Waals surface area contributed by atoms with E-state index in [0.29, 0.717) is 19.0 Å². The number of nitrogens with two attached hydrogens (primary N) is 1. The quantitative estimate of drug-likeness (QED) is 0.633. The maximum Gasteiger partial charge on any atom is 0.227 e. The molecule has 1 aromatic carbocycles. The summed E-state index contributed by atoms with van der Waals surface area (Å²) in [6.45, 7) is 3.96. The number of carbonyl (C=O) groups excluding carboxylic acids is 1. The molecular weight excluding hydrogens is 226 g/mol. The van der Waals surface area contributed by atoms with Gasteiger partial charge in [0, 0.05) is 24.9 Å². The summed E-state index contributed by atoms with van der Waals surface area (Å²) in [5.74, 6) is -1.81. The first kappa shape index (κ1) is 11.6. The van der Waals surface area contributed by atoms with E-state index in [1.807, 2.05) is 0 Å². The van der Waals surface area contributed by atoms with Crippen LogP contribution in [0.1, 0.15) is 6.42 Å². The van der Waals surface area contributed by atoms with Crippen LogP contribution < -0.4 is 10.6 Å². The lowest BCUT2D eigenvalue weighted by molar-refractivity contribution is -0.117. The minimum Gasteiger partial charge on any atom is -0.395 e. The summed E-state index contributed by atoms with van der Waals surface area (Å²) >= 11 is 0. The van der Waals surface area contributed by atoms with Gasteiger partial charge >= 0.3 is 0 Å². The van der Waals surface area contributed by atoms with Crippen molar-refractivity contribution in [1.82, 2.24) is 0 Å². The Morgan fingerprint density at radius 2 is 2.18 bits per heavy atom. The molecule has 1 aliphatic rings. The van der Waals surface area contributed by atoms with Crippen molar-refractivity contribution in [1.29, 1.82) is 0 Å². The predicted octanol–water partition coefficient (Wildman–Crippen LogP) is 2.09. The Bertz CT molecular complexity index is 488. The van der Waals surface area contributed by atoms with Crippen molar-refractivity contribution in [3.63, 3.8) is 0 Å².